The summed E-state index contributed by atoms with van der Waals surface area (Å²) in [5, 5.41) is 9.25. The highest BCUT2D eigenvalue weighted by molar-refractivity contribution is 6.54. The van der Waals surface area contributed by atoms with Crippen LogP contribution in [0.15, 0.2) is 53.5 Å². The molecule has 0 unspecified atom stereocenters. The maximum Gasteiger partial charge on any atom is 0.277 e. The molecule has 0 saturated heterocycles. The van der Waals surface area contributed by atoms with E-state index < -0.39 is 0 Å². The number of benzene rings is 2. The lowest BCUT2D eigenvalue weighted by Crippen LogP contribution is -2.25. The van der Waals surface area contributed by atoms with Crippen molar-refractivity contribution in [1.29, 1.82) is 0 Å². The van der Waals surface area contributed by atoms with Gasteiger partial charge in [0.25, 0.3) is 5.91 Å². The monoisotopic (exact) mass is 252 g/mol. The number of aliphatic imine (C=N–C) groups is 1. The maximum absolute atomic E-state index is 12.2. The van der Waals surface area contributed by atoms with Crippen LogP contribution in [0.25, 0.3) is 0 Å². The van der Waals surface area contributed by atoms with Crippen molar-refractivity contribution in [1.82, 2.24) is 0 Å². The molecule has 0 spiro atoms. The van der Waals surface area contributed by atoms with E-state index in [9.17, 15) is 9.90 Å². The van der Waals surface area contributed by atoms with Crippen molar-refractivity contribution in [3.63, 3.8) is 0 Å². The highest BCUT2D eigenvalue weighted by Gasteiger charge is 2.30. The number of rotatable bonds is 1. The second-order valence-corrected chi connectivity index (χ2v) is 4.36. The molecule has 19 heavy (non-hydrogen) atoms. The summed E-state index contributed by atoms with van der Waals surface area (Å²) >= 11 is 0. The van der Waals surface area contributed by atoms with Crippen LogP contribution in [0.5, 0.6) is 5.75 Å². The van der Waals surface area contributed by atoms with Gasteiger partial charge in [0.2, 0.25) is 0 Å². The molecule has 2 aromatic carbocycles. The quantitative estimate of drug-likeness (QED) is 0.847. The standard InChI is InChI=1S/C15H12N2O2/c1-17-13-5-3-2-4-12(13)14(15(17)19)16-10-6-8-11(18)9-7-10/h2-9,18H,1H3. The summed E-state index contributed by atoms with van der Waals surface area (Å²) in [6.45, 7) is 0. The topological polar surface area (TPSA) is 52.9 Å². The Bertz CT molecular complexity index is 675. The van der Waals surface area contributed by atoms with Gasteiger partial charge in [-0.3, -0.25) is 4.79 Å². The number of para-hydroxylation sites is 1. The number of phenols is 1. The van der Waals surface area contributed by atoms with Crippen molar-refractivity contribution in [2.45, 2.75) is 0 Å². The molecule has 0 aromatic heterocycles. The first-order valence-corrected chi connectivity index (χ1v) is 5.92. The summed E-state index contributed by atoms with van der Waals surface area (Å²) in [6.07, 6.45) is 0. The molecule has 1 amide bonds. The Balaban J connectivity index is 2.10. The summed E-state index contributed by atoms with van der Waals surface area (Å²) in [5.41, 5.74) is 2.78. The Morgan fingerprint density at radius 1 is 1.05 bits per heavy atom. The minimum absolute atomic E-state index is 0.116. The molecule has 94 valence electrons. The number of carbonyl (C=O) groups is 1. The van der Waals surface area contributed by atoms with Crippen molar-refractivity contribution in [3.05, 3.63) is 54.1 Å². The molecular weight excluding hydrogens is 240 g/mol. The highest BCUT2D eigenvalue weighted by atomic mass is 16.3. The molecule has 1 heterocycles. The molecular formula is C15H12N2O2. The highest BCUT2D eigenvalue weighted by Crippen LogP contribution is 2.29. The van der Waals surface area contributed by atoms with Crippen molar-refractivity contribution in [2.24, 2.45) is 4.99 Å². The Kier molecular flexibility index (Phi) is 2.56. The van der Waals surface area contributed by atoms with Gasteiger partial charge in [-0.1, -0.05) is 18.2 Å². The minimum atomic E-state index is -0.116. The Labute approximate surface area is 110 Å². The van der Waals surface area contributed by atoms with E-state index in [-0.39, 0.29) is 11.7 Å². The number of aromatic hydroxyl groups is 1. The molecule has 0 atom stereocenters. The fourth-order valence-corrected chi connectivity index (χ4v) is 2.11. The van der Waals surface area contributed by atoms with E-state index in [1.165, 1.54) is 0 Å². The van der Waals surface area contributed by atoms with E-state index in [0.717, 1.165) is 11.3 Å². The molecule has 0 fully saturated rings. The van der Waals surface area contributed by atoms with Crippen LogP contribution in [-0.2, 0) is 4.79 Å². The van der Waals surface area contributed by atoms with Crippen molar-refractivity contribution in [3.8, 4) is 5.75 Å². The number of fused-ring (bicyclic) bond motifs is 1. The zero-order chi connectivity index (χ0) is 13.4. The van der Waals surface area contributed by atoms with Gasteiger partial charge >= 0.3 is 0 Å². The molecule has 1 aliphatic heterocycles. The first-order valence-electron chi connectivity index (χ1n) is 5.92. The van der Waals surface area contributed by atoms with Gasteiger partial charge in [0.15, 0.2) is 0 Å². The van der Waals surface area contributed by atoms with Crippen LogP contribution in [0.1, 0.15) is 5.56 Å². The predicted octanol–water partition coefficient (Wildman–Crippen LogP) is 2.49. The smallest absolute Gasteiger partial charge is 0.277 e. The summed E-state index contributed by atoms with van der Waals surface area (Å²) in [5.74, 6) is 0.0634. The van der Waals surface area contributed by atoms with Gasteiger partial charge in [0.1, 0.15) is 11.5 Å². The summed E-state index contributed by atoms with van der Waals surface area (Å²) in [7, 11) is 1.74. The third-order valence-corrected chi connectivity index (χ3v) is 3.12. The molecule has 1 aliphatic rings. The molecule has 0 aliphatic carbocycles. The molecule has 0 bridgehead atoms. The fourth-order valence-electron chi connectivity index (χ4n) is 2.11. The number of hydrogen-bond donors (Lipinski definition) is 1. The van der Waals surface area contributed by atoms with E-state index in [4.69, 9.17) is 0 Å². The predicted molar refractivity (Wildman–Crippen MR) is 74.2 cm³/mol. The lowest BCUT2D eigenvalue weighted by atomic mass is 10.1. The normalized spacial score (nSPS) is 15.9. The molecule has 2 aromatic rings. The lowest BCUT2D eigenvalue weighted by Gasteiger charge is -2.07. The van der Waals surface area contributed by atoms with Gasteiger partial charge in [-0.25, -0.2) is 4.99 Å². The van der Waals surface area contributed by atoms with Gasteiger partial charge in [-0.2, -0.15) is 0 Å². The van der Waals surface area contributed by atoms with Crippen LogP contribution >= 0.6 is 0 Å². The molecule has 3 rings (SSSR count). The van der Waals surface area contributed by atoms with Crippen LogP contribution < -0.4 is 4.90 Å². The lowest BCUT2D eigenvalue weighted by molar-refractivity contribution is -0.111. The van der Waals surface area contributed by atoms with Gasteiger partial charge < -0.3 is 10.0 Å². The van der Waals surface area contributed by atoms with E-state index in [0.29, 0.717) is 11.4 Å². The van der Waals surface area contributed by atoms with Crippen molar-refractivity contribution >= 4 is 23.0 Å². The second-order valence-electron chi connectivity index (χ2n) is 4.36. The SMILES string of the molecule is CN1C(=O)C(=Nc2ccc(O)cc2)c2ccccc21. The maximum atomic E-state index is 12.2. The number of hydrogen-bond acceptors (Lipinski definition) is 3. The minimum Gasteiger partial charge on any atom is -0.508 e. The average molecular weight is 252 g/mol. The zero-order valence-corrected chi connectivity index (χ0v) is 10.4. The number of carbonyl (C=O) groups excluding carboxylic acids is 1. The number of likely N-dealkylation sites (N-methyl/N-ethyl adjacent to an activating group) is 1. The fraction of sp³-hybridized carbons (Fsp3) is 0.0667. The number of nitrogens with zero attached hydrogens (tertiary/aromatic N) is 2. The summed E-state index contributed by atoms with van der Waals surface area (Å²) in [6, 6.07) is 14.0. The van der Waals surface area contributed by atoms with E-state index in [1.807, 2.05) is 24.3 Å². The molecule has 4 heteroatoms. The third-order valence-electron chi connectivity index (χ3n) is 3.12. The van der Waals surface area contributed by atoms with E-state index in [1.54, 1.807) is 36.2 Å². The van der Waals surface area contributed by atoms with Crippen LogP contribution in [0.4, 0.5) is 11.4 Å². The first kappa shape index (κ1) is 11.5. The van der Waals surface area contributed by atoms with Crippen LogP contribution in [0.3, 0.4) is 0 Å². The van der Waals surface area contributed by atoms with Crippen molar-refractivity contribution < 1.29 is 9.90 Å². The van der Waals surface area contributed by atoms with Crippen LogP contribution in [0, 0.1) is 0 Å². The summed E-state index contributed by atoms with van der Waals surface area (Å²) < 4.78 is 0. The van der Waals surface area contributed by atoms with Crippen LogP contribution in [-0.4, -0.2) is 23.8 Å². The zero-order valence-electron chi connectivity index (χ0n) is 10.4. The average Bonchev–Trinajstić information content (AvgIpc) is 2.67. The second kappa shape index (κ2) is 4.24. The van der Waals surface area contributed by atoms with E-state index >= 15 is 0 Å². The van der Waals surface area contributed by atoms with Gasteiger partial charge in [0, 0.05) is 12.6 Å². The van der Waals surface area contributed by atoms with Gasteiger partial charge in [-0.15, -0.1) is 0 Å². The molecule has 4 nitrogen and oxygen atoms in total. The third kappa shape index (κ3) is 1.87. The first-order chi connectivity index (χ1) is 9.16. The number of phenolic OH excluding ortho intramolecular Hbond substituents is 1. The Morgan fingerprint density at radius 3 is 2.47 bits per heavy atom. The van der Waals surface area contributed by atoms with Crippen molar-refractivity contribution in [2.75, 3.05) is 11.9 Å². The van der Waals surface area contributed by atoms with Crippen LogP contribution in [0.2, 0.25) is 0 Å². The van der Waals surface area contributed by atoms with E-state index in [2.05, 4.69) is 4.99 Å². The Hall–Kier alpha value is -2.62. The summed E-state index contributed by atoms with van der Waals surface area (Å²) in [4.78, 5) is 18.2. The Morgan fingerprint density at radius 2 is 1.74 bits per heavy atom. The number of amides is 1. The van der Waals surface area contributed by atoms with Gasteiger partial charge in [0.05, 0.1) is 11.4 Å². The largest absolute Gasteiger partial charge is 0.508 e. The molecule has 1 N–H and O–H groups in total. The number of anilines is 1. The van der Waals surface area contributed by atoms with Gasteiger partial charge in [-0.05, 0) is 30.3 Å². The molecule has 0 radical (unpaired) electrons. The molecule has 0 saturated carbocycles.